The lowest BCUT2D eigenvalue weighted by molar-refractivity contribution is -0.123. The zero-order valence-corrected chi connectivity index (χ0v) is 11.6. The molecule has 0 atom stereocenters. The molecule has 3 rings (SSSR count). The van der Waals surface area contributed by atoms with Crippen molar-refractivity contribution in [3.05, 3.63) is 48.0 Å². The highest BCUT2D eigenvalue weighted by atomic mass is 16.1. The van der Waals surface area contributed by atoms with Crippen LogP contribution in [0.2, 0.25) is 0 Å². The Bertz CT molecular complexity index is 626. The Morgan fingerprint density at radius 1 is 1.15 bits per heavy atom. The van der Waals surface area contributed by atoms with Gasteiger partial charge in [-0.15, -0.1) is 0 Å². The average molecular weight is 268 g/mol. The van der Waals surface area contributed by atoms with E-state index in [4.69, 9.17) is 5.73 Å². The van der Waals surface area contributed by atoms with Gasteiger partial charge in [0.25, 0.3) is 0 Å². The molecule has 20 heavy (non-hydrogen) atoms. The number of rotatable bonds is 4. The van der Waals surface area contributed by atoms with Gasteiger partial charge < -0.3 is 11.1 Å². The van der Waals surface area contributed by atoms with E-state index in [2.05, 4.69) is 29.6 Å². The minimum atomic E-state index is -0.131. The molecule has 0 aliphatic heterocycles. The predicted molar refractivity (Wildman–Crippen MR) is 81.4 cm³/mol. The SMILES string of the molecule is NCC1(NC(=O)Cc2ccc3ccccc3c2)CCC1. The summed E-state index contributed by atoms with van der Waals surface area (Å²) < 4.78 is 0. The van der Waals surface area contributed by atoms with E-state index in [1.807, 2.05) is 18.2 Å². The summed E-state index contributed by atoms with van der Waals surface area (Å²) in [6.07, 6.45) is 3.60. The van der Waals surface area contributed by atoms with Crippen LogP contribution in [-0.4, -0.2) is 18.0 Å². The molecule has 2 aromatic carbocycles. The van der Waals surface area contributed by atoms with Crippen LogP contribution in [0.15, 0.2) is 42.5 Å². The van der Waals surface area contributed by atoms with Crippen molar-refractivity contribution in [2.75, 3.05) is 6.54 Å². The largest absolute Gasteiger partial charge is 0.349 e. The van der Waals surface area contributed by atoms with Gasteiger partial charge in [0.2, 0.25) is 5.91 Å². The van der Waals surface area contributed by atoms with Crippen LogP contribution >= 0.6 is 0 Å². The number of benzene rings is 2. The van der Waals surface area contributed by atoms with Crippen LogP contribution in [0.1, 0.15) is 24.8 Å². The number of carbonyl (C=O) groups is 1. The Morgan fingerprint density at radius 2 is 1.90 bits per heavy atom. The fourth-order valence-corrected chi connectivity index (χ4v) is 2.86. The second-order valence-corrected chi connectivity index (χ2v) is 5.74. The standard InChI is InChI=1S/C17H20N2O/c18-12-17(8-3-9-17)19-16(20)11-13-6-7-14-4-1-2-5-15(14)10-13/h1-2,4-7,10H,3,8-9,11-12,18H2,(H,19,20). The number of nitrogens with one attached hydrogen (secondary N) is 1. The van der Waals surface area contributed by atoms with Crippen LogP contribution in [-0.2, 0) is 11.2 Å². The number of nitrogens with two attached hydrogens (primary N) is 1. The second-order valence-electron chi connectivity index (χ2n) is 5.74. The van der Waals surface area contributed by atoms with Crippen molar-refractivity contribution < 1.29 is 4.79 Å². The number of hydrogen-bond acceptors (Lipinski definition) is 2. The van der Waals surface area contributed by atoms with Gasteiger partial charge in [0.1, 0.15) is 0 Å². The summed E-state index contributed by atoms with van der Waals surface area (Å²) >= 11 is 0. The van der Waals surface area contributed by atoms with Crippen molar-refractivity contribution in [3.63, 3.8) is 0 Å². The van der Waals surface area contributed by atoms with E-state index in [0.29, 0.717) is 13.0 Å². The first-order chi connectivity index (χ1) is 9.71. The van der Waals surface area contributed by atoms with E-state index in [1.165, 1.54) is 10.8 Å². The normalized spacial score (nSPS) is 16.6. The molecule has 1 saturated carbocycles. The summed E-state index contributed by atoms with van der Waals surface area (Å²) in [5.41, 5.74) is 6.69. The molecule has 0 radical (unpaired) electrons. The molecule has 3 nitrogen and oxygen atoms in total. The van der Waals surface area contributed by atoms with Crippen molar-refractivity contribution in [2.24, 2.45) is 5.73 Å². The zero-order chi connectivity index (χ0) is 14.0. The topological polar surface area (TPSA) is 55.1 Å². The monoisotopic (exact) mass is 268 g/mol. The molecule has 0 bridgehead atoms. The lowest BCUT2D eigenvalue weighted by Gasteiger charge is -2.41. The summed E-state index contributed by atoms with van der Waals surface area (Å²) in [6, 6.07) is 14.4. The highest BCUT2D eigenvalue weighted by Gasteiger charge is 2.36. The van der Waals surface area contributed by atoms with Gasteiger partial charge in [0.05, 0.1) is 12.0 Å². The summed E-state index contributed by atoms with van der Waals surface area (Å²) in [5, 5.41) is 5.49. The molecule has 1 aliphatic rings. The van der Waals surface area contributed by atoms with E-state index >= 15 is 0 Å². The van der Waals surface area contributed by atoms with Gasteiger partial charge in [-0.25, -0.2) is 0 Å². The first kappa shape index (κ1) is 13.1. The van der Waals surface area contributed by atoms with Crippen LogP contribution in [0, 0.1) is 0 Å². The third kappa shape index (κ3) is 2.54. The van der Waals surface area contributed by atoms with Crippen molar-refractivity contribution in [2.45, 2.75) is 31.2 Å². The van der Waals surface area contributed by atoms with Gasteiger partial charge in [-0.2, -0.15) is 0 Å². The second kappa shape index (κ2) is 5.25. The lowest BCUT2D eigenvalue weighted by Crippen LogP contribution is -2.58. The van der Waals surface area contributed by atoms with Crippen molar-refractivity contribution in [3.8, 4) is 0 Å². The maximum atomic E-state index is 12.1. The molecule has 0 saturated heterocycles. The third-order valence-electron chi connectivity index (χ3n) is 4.28. The highest BCUT2D eigenvalue weighted by Crippen LogP contribution is 2.30. The van der Waals surface area contributed by atoms with E-state index in [1.54, 1.807) is 0 Å². The molecule has 1 amide bonds. The lowest BCUT2D eigenvalue weighted by atomic mass is 9.76. The molecule has 0 unspecified atom stereocenters. The van der Waals surface area contributed by atoms with E-state index in [-0.39, 0.29) is 11.4 Å². The molecule has 3 N–H and O–H groups in total. The first-order valence-electron chi connectivity index (χ1n) is 7.20. The number of carbonyl (C=O) groups excluding carboxylic acids is 1. The van der Waals surface area contributed by atoms with Crippen LogP contribution in [0.3, 0.4) is 0 Å². The van der Waals surface area contributed by atoms with Gasteiger partial charge >= 0.3 is 0 Å². The summed E-state index contributed by atoms with van der Waals surface area (Å²) in [6.45, 7) is 0.538. The van der Waals surface area contributed by atoms with E-state index in [0.717, 1.165) is 24.8 Å². The summed E-state index contributed by atoms with van der Waals surface area (Å²) in [4.78, 5) is 12.1. The molecule has 0 spiro atoms. The van der Waals surface area contributed by atoms with Gasteiger partial charge in [-0.3, -0.25) is 4.79 Å². The summed E-state index contributed by atoms with van der Waals surface area (Å²) in [5.74, 6) is 0.0745. The molecule has 0 aromatic heterocycles. The first-order valence-corrected chi connectivity index (χ1v) is 7.20. The minimum Gasteiger partial charge on any atom is -0.349 e. The van der Waals surface area contributed by atoms with Gasteiger partial charge in [-0.1, -0.05) is 42.5 Å². The van der Waals surface area contributed by atoms with Gasteiger partial charge in [0.15, 0.2) is 0 Å². The Labute approximate surface area is 119 Å². The molecular weight excluding hydrogens is 248 g/mol. The van der Waals surface area contributed by atoms with Crippen molar-refractivity contribution >= 4 is 16.7 Å². The van der Waals surface area contributed by atoms with Crippen LogP contribution < -0.4 is 11.1 Å². The molecule has 1 aliphatic carbocycles. The van der Waals surface area contributed by atoms with Crippen LogP contribution in [0.4, 0.5) is 0 Å². The molecule has 1 fully saturated rings. The van der Waals surface area contributed by atoms with Gasteiger partial charge in [0, 0.05) is 6.54 Å². The zero-order valence-electron chi connectivity index (χ0n) is 11.6. The predicted octanol–water partition coefficient (Wildman–Crippen LogP) is 2.38. The average Bonchev–Trinajstić information content (AvgIpc) is 2.43. The van der Waals surface area contributed by atoms with Gasteiger partial charge in [-0.05, 0) is 35.6 Å². The molecule has 104 valence electrons. The number of fused-ring (bicyclic) bond motifs is 1. The Morgan fingerprint density at radius 3 is 2.55 bits per heavy atom. The van der Waals surface area contributed by atoms with E-state index in [9.17, 15) is 4.79 Å². The maximum Gasteiger partial charge on any atom is 0.224 e. The van der Waals surface area contributed by atoms with Crippen molar-refractivity contribution in [1.82, 2.24) is 5.32 Å². The smallest absolute Gasteiger partial charge is 0.224 e. The Kier molecular flexibility index (Phi) is 3.45. The molecule has 2 aromatic rings. The van der Waals surface area contributed by atoms with Crippen molar-refractivity contribution in [1.29, 1.82) is 0 Å². The highest BCUT2D eigenvalue weighted by molar-refractivity contribution is 5.85. The number of amides is 1. The Hall–Kier alpha value is -1.87. The molecule has 3 heteroatoms. The fourth-order valence-electron chi connectivity index (χ4n) is 2.86. The van der Waals surface area contributed by atoms with E-state index < -0.39 is 0 Å². The summed E-state index contributed by atoms with van der Waals surface area (Å²) in [7, 11) is 0. The number of hydrogen-bond donors (Lipinski definition) is 2. The van der Waals surface area contributed by atoms with Crippen LogP contribution in [0.5, 0.6) is 0 Å². The quantitative estimate of drug-likeness (QED) is 0.894. The fraction of sp³-hybridized carbons (Fsp3) is 0.353. The minimum absolute atomic E-state index is 0.0745. The third-order valence-corrected chi connectivity index (χ3v) is 4.28. The van der Waals surface area contributed by atoms with Crippen LogP contribution in [0.25, 0.3) is 10.8 Å². The Balaban J connectivity index is 1.71. The molecular formula is C17H20N2O. The maximum absolute atomic E-state index is 12.1. The molecule has 0 heterocycles.